The van der Waals surface area contributed by atoms with Gasteiger partial charge < -0.3 is 35.4 Å². The molecule has 2 bridgehead atoms. The molecule has 2 aromatic heterocycles. The van der Waals surface area contributed by atoms with Crippen LogP contribution in [0.1, 0.15) is 41.7 Å². The van der Waals surface area contributed by atoms with E-state index in [4.69, 9.17) is 20.9 Å². The van der Waals surface area contributed by atoms with E-state index in [9.17, 15) is 4.79 Å². The second-order valence-electron chi connectivity index (χ2n) is 10.1. The van der Waals surface area contributed by atoms with Gasteiger partial charge in [0.05, 0.1) is 27.6 Å². The van der Waals surface area contributed by atoms with E-state index in [1.54, 1.807) is 7.11 Å². The molecule has 0 spiro atoms. The molecule has 3 aliphatic rings. The number of fused-ring (bicyclic) bond motifs is 13. The zero-order chi connectivity index (χ0) is 23.8. The zero-order valence-corrected chi connectivity index (χ0v) is 19.4. The number of ether oxygens (including phenoxy) is 2. The Kier molecular flexibility index (Phi) is 3.52. The highest BCUT2D eigenvalue weighted by molar-refractivity contribution is 6.31. The maximum atomic E-state index is 13.4. The van der Waals surface area contributed by atoms with Gasteiger partial charge in [0, 0.05) is 46.7 Å². The van der Waals surface area contributed by atoms with Crippen LogP contribution < -0.4 is 16.8 Å². The summed E-state index contributed by atoms with van der Waals surface area (Å²) in [5.41, 5.74) is 18.0. The van der Waals surface area contributed by atoms with Gasteiger partial charge >= 0.3 is 0 Å². The second kappa shape index (κ2) is 6.22. The smallest absolute Gasteiger partial charge is 0.253 e. The molecule has 8 nitrogen and oxygen atoms in total. The summed E-state index contributed by atoms with van der Waals surface area (Å²) in [7, 11) is 1.69. The summed E-state index contributed by atoms with van der Waals surface area (Å²) in [5, 5.41) is 6.92. The van der Waals surface area contributed by atoms with Gasteiger partial charge in [-0.15, -0.1) is 0 Å². The first kappa shape index (κ1) is 19.8. The van der Waals surface area contributed by atoms with E-state index in [2.05, 4.69) is 45.6 Å². The Morgan fingerprint density at radius 1 is 1.03 bits per heavy atom. The molecule has 0 aliphatic carbocycles. The van der Waals surface area contributed by atoms with Crippen molar-refractivity contribution in [2.45, 2.75) is 43.6 Å². The minimum atomic E-state index is -0.875. The Hall–Kier alpha value is -3.43. The third-order valence-electron chi connectivity index (χ3n) is 8.37. The van der Waals surface area contributed by atoms with E-state index >= 15 is 0 Å². The molecule has 5 aromatic rings. The van der Waals surface area contributed by atoms with Crippen LogP contribution in [0.25, 0.3) is 43.6 Å². The molecule has 35 heavy (non-hydrogen) atoms. The minimum Gasteiger partial charge on any atom is -0.375 e. The van der Waals surface area contributed by atoms with Gasteiger partial charge in [-0.1, -0.05) is 36.4 Å². The number of hydrogen-bond acceptors (Lipinski definition) is 5. The van der Waals surface area contributed by atoms with E-state index in [1.807, 2.05) is 24.3 Å². The van der Waals surface area contributed by atoms with Gasteiger partial charge in [-0.25, -0.2) is 0 Å². The molecule has 0 saturated carbocycles. The third-order valence-corrected chi connectivity index (χ3v) is 8.37. The van der Waals surface area contributed by atoms with Crippen LogP contribution in [0.4, 0.5) is 0 Å². The van der Waals surface area contributed by atoms with Crippen LogP contribution in [-0.2, 0) is 15.2 Å². The maximum absolute atomic E-state index is 13.4. The van der Waals surface area contributed by atoms with Crippen LogP contribution in [0, 0.1) is 0 Å². The highest BCUT2D eigenvalue weighted by Crippen LogP contribution is 2.54. The molecule has 176 valence electrons. The van der Waals surface area contributed by atoms with Crippen molar-refractivity contribution >= 4 is 49.5 Å². The molecule has 1 amide bonds. The van der Waals surface area contributed by atoms with Crippen molar-refractivity contribution < 1.29 is 14.3 Å². The average Bonchev–Trinajstić information content (AvgIpc) is 3.44. The highest BCUT2D eigenvalue weighted by Gasteiger charge is 2.52. The maximum Gasteiger partial charge on any atom is 0.253 e. The number of nitrogens with one attached hydrogen (secondary N) is 1. The monoisotopic (exact) mass is 467 g/mol. The fraction of sp³-hybridized carbons (Fsp3) is 0.296. The molecule has 1 fully saturated rings. The number of amides is 1. The first-order valence-corrected chi connectivity index (χ1v) is 12.0. The SMILES string of the molecule is CO[C@@H]1[C@H](N)C[C@H]2O[C@]1(C)n1c3ccccc3c3c4c(c5c6ccccc6n2c5c31)C(=O)N[C@@H]4N. The summed E-state index contributed by atoms with van der Waals surface area (Å²) in [4.78, 5) is 13.4. The van der Waals surface area contributed by atoms with Crippen LogP contribution >= 0.6 is 0 Å². The van der Waals surface area contributed by atoms with E-state index < -0.39 is 11.9 Å². The van der Waals surface area contributed by atoms with E-state index in [-0.39, 0.29) is 24.3 Å². The van der Waals surface area contributed by atoms with Crippen molar-refractivity contribution in [2.24, 2.45) is 11.5 Å². The average molecular weight is 468 g/mol. The minimum absolute atomic E-state index is 0.139. The van der Waals surface area contributed by atoms with Gasteiger partial charge in [-0.2, -0.15) is 0 Å². The number of nitrogens with zero attached hydrogens (tertiary/aromatic N) is 2. The van der Waals surface area contributed by atoms with Crippen molar-refractivity contribution in [2.75, 3.05) is 7.11 Å². The van der Waals surface area contributed by atoms with Crippen LogP contribution in [0.5, 0.6) is 0 Å². The summed E-state index contributed by atoms with van der Waals surface area (Å²) < 4.78 is 17.5. The Labute approximate surface area is 200 Å². The Morgan fingerprint density at radius 2 is 1.71 bits per heavy atom. The van der Waals surface area contributed by atoms with Crippen molar-refractivity contribution in [1.29, 1.82) is 0 Å². The molecule has 8 heteroatoms. The Balaban J connectivity index is 1.76. The van der Waals surface area contributed by atoms with E-state index in [1.165, 1.54) is 0 Å². The first-order valence-electron chi connectivity index (χ1n) is 12.0. The van der Waals surface area contributed by atoms with Gasteiger partial charge in [0.1, 0.15) is 18.5 Å². The predicted octanol–water partition coefficient (Wildman–Crippen LogP) is 3.55. The van der Waals surface area contributed by atoms with Gasteiger partial charge in [0.2, 0.25) is 0 Å². The first-order chi connectivity index (χ1) is 17.0. The fourth-order valence-corrected chi connectivity index (χ4v) is 7.21. The number of rotatable bonds is 1. The molecule has 0 unspecified atom stereocenters. The lowest BCUT2D eigenvalue weighted by Crippen LogP contribution is -2.59. The van der Waals surface area contributed by atoms with Crippen LogP contribution in [0.2, 0.25) is 0 Å². The van der Waals surface area contributed by atoms with Crippen LogP contribution in [0.3, 0.4) is 0 Å². The zero-order valence-electron chi connectivity index (χ0n) is 19.4. The lowest BCUT2D eigenvalue weighted by atomic mass is 9.93. The molecule has 5 atom stereocenters. The van der Waals surface area contributed by atoms with E-state index in [0.29, 0.717) is 12.0 Å². The number of aromatic nitrogens is 2. The lowest BCUT2D eigenvalue weighted by molar-refractivity contribution is -0.252. The number of carbonyl (C=O) groups is 1. The molecule has 0 radical (unpaired) electrons. The van der Waals surface area contributed by atoms with Crippen LogP contribution in [-0.4, -0.2) is 34.3 Å². The predicted molar refractivity (Wildman–Crippen MR) is 134 cm³/mol. The molecular formula is C27H25N5O3. The fourth-order valence-electron chi connectivity index (χ4n) is 7.21. The molecular weight excluding hydrogens is 442 g/mol. The largest absolute Gasteiger partial charge is 0.375 e. The molecule has 3 aromatic carbocycles. The van der Waals surface area contributed by atoms with Gasteiger partial charge in [-0.05, 0) is 19.1 Å². The number of carbonyl (C=O) groups excluding carboxylic acids is 1. The van der Waals surface area contributed by atoms with Crippen molar-refractivity contribution in [1.82, 2.24) is 14.5 Å². The standard InChI is InChI=1S/C27H25N5O3/c1-27-24(34-2)14(28)11-17(35-27)31-15-9-5-3-7-12(15)19-21-20(25(29)30-26(21)33)18-13-8-4-6-10-16(13)32(27)23(18)22(19)31/h3-10,14,17,24-25H,11,28-29H2,1-2H3,(H,30,33)/t14-,17-,24-,25+,27+/m1/s1. The topological polar surface area (TPSA) is 109 Å². The highest BCUT2D eigenvalue weighted by atomic mass is 16.6. The molecule has 5 N–H and O–H groups in total. The molecule has 5 heterocycles. The normalized spacial score (nSPS) is 29.4. The third kappa shape index (κ3) is 2.08. The molecule has 1 saturated heterocycles. The van der Waals surface area contributed by atoms with Crippen molar-refractivity contribution in [3.05, 3.63) is 59.7 Å². The van der Waals surface area contributed by atoms with Crippen molar-refractivity contribution in [3.63, 3.8) is 0 Å². The van der Waals surface area contributed by atoms with E-state index in [0.717, 1.165) is 49.2 Å². The molecule has 3 aliphatic heterocycles. The van der Waals surface area contributed by atoms with Gasteiger partial charge in [0.15, 0.2) is 5.72 Å². The number of hydrogen-bond donors (Lipinski definition) is 3. The lowest BCUT2D eigenvalue weighted by Gasteiger charge is -2.47. The summed E-state index contributed by atoms with van der Waals surface area (Å²) in [6.07, 6.45) is -0.693. The number of methoxy groups -OCH3 is 1. The Bertz CT molecular complexity index is 1770. The summed E-state index contributed by atoms with van der Waals surface area (Å²) in [6, 6.07) is 16.2. The Morgan fingerprint density at radius 3 is 2.46 bits per heavy atom. The van der Waals surface area contributed by atoms with Crippen molar-refractivity contribution in [3.8, 4) is 0 Å². The number of para-hydroxylation sites is 2. The number of nitrogens with two attached hydrogens (primary N) is 2. The molecule has 8 rings (SSSR count). The summed E-state index contributed by atoms with van der Waals surface area (Å²) in [6.45, 7) is 2.07. The summed E-state index contributed by atoms with van der Waals surface area (Å²) in [5.74, 6) is -0.139. The quantitative estimate of drug-likeness (QED) is 0.349. The van der Waals surface area contributed by atoms with Crippen LogP contribution in [0.15, 0.2) is 48.5 Å². The number of benzene rings is 3. The summed E-state index contributed by atoms with van der Waals surface area (Å²) >= 11 is 0. The second-order valence-corrected chi connectivity index (χ2v) is 10.1. The van der Waals surface area contributed by atoms with Gasteiger partial charge in [-0.3, -0.25) is 4.79 Å². The van der Waals surface area contributed by atoms with Gasteiger partial charge in [0.25, 0.3) is 5.91 Å².